The van der Waals surface area contributed by atoms with Crippen molar-refractivity contribution < 1.29 is 4.74 Å². The van der Waals surface area contributed by atoms with Gasteiger partial charge in [-0.05, 0) is 31.9 Å². The molecule has 0 aliphatic rings. The number of hydrogen-bond acceptors (Lipinski definition) is 2. The zero-order chi connectivity index (χ0) is 13.8. The third kappa shape index (κ3) is 2.71. The Morgan fingerprint density at radius 1 is 1.37 bits per heavy atom. The SMILES string of the molecule is CCCOc1cccc2c1nc(CCl)n2C(C)CC. The van der Waals surface area contributed by atoms with E-state index in [1.807, 2.05) is 12.1 Å². The molecular formula is C15H21ClN2O. The highest BCUT2D eigenvalue weighted by molar-refractivity contribution is 6.16. The molecule has 0 amide bonds. The first-order valence-corrected chi connectivity index (χ1v) is 7.44. The first kappa shape index (κ1) is 14.2. The summed E-state index contributed by atoms with van der Waals surface area (Å²) in [6, 6.07) is 6.47. The maximum absolute atomic E-state index is 6.04. The fraction of sp³-hybridized carbons (Fsp3) is 0.533. The van der Waals surface area contributed by atoms with Crippen molar-refractivity contribution in [2.75, 3.05) is 6.61 Å². The summed E-state index contributed by atoms with van der Waals surface area (Å²) in [6.07, 6.45) is 2.04. The summed E-state index contributed by atoms with van der Waals surface area (Å²) in [4.78, 5) is 4.66. The molecule has 1 aromatic carbocycles. The molecule has 2 aromatic rings. The molecule has 1 aromatic heterocycles. The zero-order valence-corrected chi connectivity index (χ0v) is 12.6. The van der Waals surface area contributed by atoms with Crippen molar-refractivity contribution in [1.29, 1.82) is 0 Å². The number of hydrogen-bond donors (Lipinski definition) is 0. The Labute approximate surface area is 119 Å². The number of halogens is 1. The summed E-state index contributed by atoms with van der Waals surface area (Å²) >= 11 is 6.04. The first-order valence-electron chi connectivity index (χ1n) is 6.91. The minimum Gasteiger partial charge on any atom is -0.491 e. The van der Waals surface area contributed by atoms with E-state index in [-0.39, 0.29) is 0 Å². The van der Waals surface area contributed by atoms with Crippen LogP contribution in [-0.4, -0.2) is 16.2 Å². The van der Waals surface area contributed by atoms with Crippen molar-refractivity contribution in [1.82, 2.24) is 9.55 Å². The van der Waals surface area contributed by atoms with Crippen LogP contribution in [0.1, 0.15) is 45.5 Å². The second-order valence-corrected chi connectivity index (χ2v) is 5.03. The molecule has 1 heterocycles. The third-order valence-corrected chi connectivity index (χ3v) is 3.61. The zero-order valence-electron chi connectivity index (χ0n) is 11.8. The number of aromatic nitrogens is 2. The summed E-state index contributed by atoms with van der Waals surface area (Å²) in [5.74, 6) is 2.19. The van der Waals surface area contributed by atoms with Gasteiger partial charge in [-0.3, -0.25) is 0 Å². The molecule has 0 fully saturated rings. The van der Waals surface area contributed by atoms with E-state index in [1.165, 1.54) is 0 Å². The molecule has 2 rings (SSSR count). The van der Waals surface area contributed by atoms with Crippen molar-refractivity contribution >= 4 is 22.6 Å². The number of ether oxygens (including phenoxy) is 1. The Bertz CT molecular complexity index is 550. The second kappa shape index (κ2) is 6.29. The van der Waals surface area contributed by atoms with Crippen molar-refractivity contribution in [3.63, 3.8) is 0 Å². The molecule has 3 nitrogen and oxygen atoms in total. The van der Waals surface area contributed by atoms with Gasteiger partial charge in [0, 0.05) is 6.04 Å². The maximum atomic E-state index is 6.04. The fourth-order valence-corrected chi connectivity index (χ4v) is 2.43. The van der Waals surface area contributed by atoms with Crippen LogP contribution in [0.5, 0.6) is 5.75 Å². The van der Waals surface area contributed by atoms with Gasteiger partial charge >= 0.3 is 0 Å². The van der Waals surface area contributed by atoms with Crippen LogP contribution in [0.4, 0.5) is 0 Å². The van der Waals surface area contributed by atoms with Gasteiger partial charge < -0.3 is 9.30 Å². The van der Waals surface area contributed by atoms with E-state index in [0.29, 0.717) is 18.5 Å². The van der Waals surface area contributed by atoms with Crippen molar-refractivity contribution in [3.8, 4) is 5.75 Å². The largest absolute Gasteiger partial charge is 0.491 e. The Kier molecular flexibility index (Phi) is 4.70. The van der Waals surface area contributed by atoms with Crippen molar-refractivity contribution in [3.05, 3.63) is 24.0 Å². The summed E-state index contributed by atoms with van der Waals surface area (Å²) in [7, 11) is 0. The number of fused-ring (bicyclic) bond motifs is 1. The minimum absolute atomic E-state index is 0.389. The molecule has 1 unspecified atom stereocenters. The minimum atomic E-state index is 0.389. The monoisotopic (exact) mass is 280 g/mol. The molecule has 0 spiro atoms. The number of para-hydroxylation sites is 1. The predicted molar refractivity (Wildman–Crippen MR) is 80.1 cm³/mol. The van der Waals surface area contributed by atoms with E-state index in [4.69, 9.17) is 16.3 Å². The van der Waals surface area contributed by atoms with Crippen LogP contribution < -0.4 is 4.74 Å². The van der Waals surface area contributed by atoms with Gasteiger partial charge in [-0.1, -0.05) is 19.9 Å². The van der Waals surface area contributed by atoms with E-state index in [2.05, 4.69) is 36.4 Å². The lowest BCUT2D eigenvalue weighted by molar-refractivity contribution is 0.320. The molecular weight excluding hydrogens is 260 g/mol. The molecule has 0 aliphatic carbocycles. The molecule has 0 radical (unpaired) electrons. The number of rotatable bonds is 6. The highest BCUT2D eigenvalue weighted by atomic mass is 35.5. The molecule has 0 bridgehead atoms. The van der Waals surface area contributed by atoms with Gasteiger partial charge in [0.2, 0.25) is 0 Å². The lowest BCUT2D eigenvalue weighted by Gasteiger charge is -2.14. The van der Waals surface area contributed by atoms with Crippen LogP contribution in [0.2, 0.25) is 0 Å². The average molecular weight is 281 g/mol. The molecule has 1 atom stereocenters. The lowest BCUT2D eigenvalue weighted by Crippen LogP contribution is -2.07. The van der Waals surface area contributed by atoms with Gasteiger partial charge in [0.15, 0.2) is 0 Å². The summed E-state index contributed by atoms with van der Waals surface area (Å²) < 4.78 is 8.00. The summed E-state index contributed by atoms with van der Waals surface area (Å²) in [6.45, 7) is 7.18. The lowest BCUT2D eigenvalue weighted by atomic mass is 10.2. The quantitative estimate of drug-likeness (QED) is 0.727. The van der Waals surface area contributed by atoms with E-state index < -0.39 is 0 Å². The van der Waals surface area contributed by atoms with Crippen LogP contribution in [0, 0.1) is 0 Å². The van der Waals surface area contributed by atoms with E-state index in [0.717, 1.165) is 35.4 Å². The van der Waals surface area contributed by atoms with Gasteiger partial charge in [0.05, 0.1) is 18.0 Å². The smallest absolute Gasteiger partial charge is 0.147 e. The van der Waals surface area contributed by atoms with Gasteiger partial charge in [-0.15, -0.1) is 11.6 Å². The summed E-state index contributed by atoms with van der Waals surface area (Å²) in [5, 5.41) is 0. The molecule has 0 N–H and O–H groups in total. The predicted octanol–water partition coefficient (Wildman–Crippen LogP) is 4.53. The Morgan fingerprint density at radius 3 is 2.79 bits per heavy atom. The van der Waals surface area contributed by atoms with Gasteiger partial charge in [-0.25, -0.2) is 4.98 Å². The Morgan fingerprint density at radius 2 is 2.16 bits per heavy atom. The number of nitrogens with zero attached hydrogens (tertiary/aromatic N) is 2. The Hall–Kier alpha value is -1.22. The van der Waals surface area contributed by atoms with E-state index in [1.54, 1.807) is 0 Å². The van der Waals surface area contributed by atoms with Gasteiger partial charge in [0.1, 0.15) is 17.1 Å². The van der Waals surface area contributed by atoms with Gasteiger partial charge in [0.25, 0.3) is 0 Å². The standard InChI is InChI=1S/C15H21ClN2O/c1-4-9-19-13-8-6-7-12-15(13)17-14(10-16)18(12)11(3)5-2/h6-8,11H,4-5,9-10H2,1-3H3. The van der Waals surface area contributed by atoms with Crippen LogP contribution in [0.3, 0.4) is 0 Å². The van der Waals surface area contributed by atoms with E-state index in [9.17, 15) is 0 Å². The van der Waals surface area contributed by atoms with Crippen LogP contribution in [-0.2, 0) is 5.88 Å². The third-order valence-electron chi connectivity index (χ3n) is 3.37. The van der Waals surface area contributed by atoms with Gasteiger partial charge in [-0.2, -0.15) is 0 Å². The maximum Gasteiger partial charge on any atom is 0.147 e. The van der Waals surface area contributed by atoms with Crippen LogP contribution >= 0.6 is 11.6 Å². The Balaban J connectivity index is 2.55. The molecule has 19 heavy (non-hydrogen) atoms. The summed E-state index contributed by atoms with van der Waals surface area (Å²) in [5.41, 5.74) is 2.03. The highest BCUT2D eigenvalue weighted by Gasteiger charge is 2.16. The molecule has 0 saturated heterocycles. The number of benzene rings is 1. The number of imidazole rings is 1. The average Bonchev–Trinajstić information content (AvgIpc) is 2.83. The first-order chi connectivity index (χ1) is 9.22. The topological polar surface area (TPSA) is 27.1 Å². The van der Waals surface area contributed by atoms with Crippen molar-refractivity contribution in [2.45, 2.75) is 45.5 Å². The fourth-order valence-electron chi connectivity index (χ4n) is 2.24. The normalized spacial score (nSPS) is 12.8. The highest BCUT2D eigenvalue weighted by Crippen LogP contribution is 2.30. The molecule has 104 valence electrons. The van der Waals surface area contributed by atoms with E-state index >= 15 is 0 Å². The second-order valence-electron chi connectivity index (χ2n) is 4.76. The number of alkyl halides is 1. The van der Waals surface area contributed by atoms with Crippen LogP contribution in [0.25, 0.3) is 11.0 Å². The van der Waals surface area contributed by atoms with Crippen molar-refractivity contribution in [2.24, 2.45) is 0 Å². The molecule has 0 aliphatic heterocycles. The molecule has 4 heteroatoms. The van der Waals surface area contributed by atoms with Crippen LogP contribution in [0.15, 0.2) is 18.2 Å². The molecule has 0 saturated carbocycles.